The van der Waals surface area contributed by atoms with Crippen LogP contribution in [0.15, 0.2) is 30.3 Å². The summed E-state index contributed by atoms with van der Waals surface area (Å²) in [6.07, 6.45) is 7.04. The molecule has 0 N–H and O–H groups in total. The van der Waals surface area contributed by atoms with Crippen LogP contribution < -0.4 is 0 Å². The van der Waals surface area contributed by atoms with E-state index in [1.165, 1.54) is 29.4 Å². The molecule has 2 heteroatoms. The minimum atomic E-state index is 0.229. The summed E-state index contributed by atoms with van der Waals surface area (Å²) in [4.78, 5) is 15.0. The molecule has 1 fully saturated rings. The molecule has 0 saturated carbocycles. The van der Waals surface area contributed by atoms with Gasteiger partial charge in [0.15, 0.2) is 0 Å². The molecule has 2 aliphatic rings. The number of carbonyl (C=O) groups is 1. The molecule has 0 aromatic heterocycles. The maximum absolute atomic E-state index is 12.9. The van der Waals surface area contributed by atoms with Crippen LogP contribution in [0, 0.1) is 0 Å². The molecule has 0 bridgehead atoms. The van der Waals surface area contributed by atoms with Crippen LogP contribution in [0.4, 0.5) is 0 Å². The van der Waals surface area contributed by atoms with Gasteiger partial charge in [-0.2, -0.15) is 0 Å². The second-order valence-corrected chi connectivity index (χ2v) is 6.32. The molecule has 2 aromatic carbocycles. The number of amides is 1. The monoisotopic (exact) mass is 279 g/mol. The van der Waals surface area contributed by atoms with Crippen molar-refractivity contribution in [2.75, 3.05) is 13.1 Å². The van der Waals surface area contributed by atoms with Gasteiger partial charge in [0.25, 0.3) is 5.91 Å². The molecular weight excluding hydrogens is 258 g/mol. The Hall–Kier alpha value is -1.83. The number of hydrogen-bond donors (Lipinski definition) is 0. The van der Waals surface area contributed by atoms with Crippen molar-refractivity contribution >= 4 is 16.7 Å². The number of hydrogen-bond acceptors (Lipinski definition) is 1. The highest BCUT2D eigenvalue weighted by atomic mass is 16.2. The predicted molar refractivity (Wildman–Crippen MR) is 85.7 cm³/mol. The zero-order valence-corrected chi connectivity index (χ0v) is 12.4. The lowest BCUT2D eigenvalue weighted by Gasteiger charge is -2.21. The first-order chi connectivity index (χ1) is 10.3. The smallest absolute Gasteiger partial charge is 0.254 e. The molecule has 1 aliphatic heterocycles. The SMILES string of the molecule is O=C(c1ccc2c3c(cccc13)CC2)N1CCCCCC1. The first-order valence-electron chi connectivity index (χ1n) is 8.17. The quantitative estimate of drug-likeness (QED) is 0.774. The molecule has 0 radical (unpaired) electrons. The highest BCUT2D eigenvalue weighted by Crippen LogP contribution is 2.33. The van der Waals surface area contributed by atoms with E-state index in [0.717, 1.165) is 49.7 Å². The van der Waals surface area contributed by atoms with Gasteiger partial charge in [0.2, 0.25) is 0 Å². The summed E-state index contributed by atoms with van der Waals surface area (Å²) in [5.41, 5.74) is 3.72. The topological polar surface area (TPSA) is 20.3 Å². The summed E-state index contributed by atoms with van der Waals surface area (Å²) in [6.45, 7) is 1.84. The lowest BCUT2D eigenvalue weighted by molar-refractivity contribution is 0.0763. The van der Waals surface area contributed by atoms with Gasteiger partial charge in [0.1, 0.15) is 0 Å². The molecule has 0 atom stereocenters. The van der Waals surface area contributed by atoms with Crippen molar-refractivity contribution in [1.82, 2.24) is 4.90 Å². The molecule has 0 spiro atoms. The number of likely N-dealkylation sites (tertiary alicyclic amines) is 1. The largest absolute Gasteiger partial charge is 0.339 e. The molecule has 2 aromatic rings. The third-order valence-corrected chi connectivity index (χ3v) is 5.00. The van der Waals surface area contributed by atoms with E-state index >= 15 is 0 Å². The Morgan fingerprint density at radius 1 is 0.857 bits per heavy atom. The fourth-order valence-corrected chi connectivity index (χ4v) is 3.88. The van der Waals surface area contributed by atoms with Gasteiger partial charge in [-0.25, -0.2) is 0 Å². The summed E-state index contributed by atoms with van der Waals surface area (Å²) < 4.78 is 0. The van der Waals surface area contributed by atoms with Crippen molar-refractivity contribution in [3.63, 3.8) is 0 Å². The van der Waals surface area contributed by atoms with Crippen LogP contribution in [-0.2, 0) is 12.8 Å². The van der Waals surface area contributed by atoms with Gasteiger partial charge >= 0.3 is 0 Å². The minimum Gasteiger partial charge on any atom is -0.339 e. The van der Waals surface area contributed by atoms with E-state index in [2.05, 4.69) is 35.2 Å². The Morgan fingerprint density at radius 3 is 2.33 bits per heavy atom. The molecule has 1 heterocycles. The summed E-state index contributed by atoms with van der Waals surface area (Å²) in [6, 6.07) is 10.7. The number of carbonyl (C=O) groups excluding carboxylic acids is 1. The van der Waals surface area contributed by atoms with Gasteiger partial charge < -0.3 is 4.90 Å². The third-order valence-electron chi connectivity index (χ3n) is 5.00. The van der Waals surface area contributed by atoms with Crippen LogP contribution in [0.2, 0.25) is 0 Å². The third kappa shape index (κ3) is 2.14. The average Bonchev–Trinajstić information content (AvgIpc) is 2.76. The number of rotatable bonds is 1. The summed E-state index contributed by atoms with van der Waals surface area (Å²) in [7, 11) is 0. The van der Waals surface area contributed by atoms with E-state index in [4.69, 9.17) is 0 Å². The van der Waals surface area contributed by atoms with Crippen molar-refractivity contribution in [2.45, 2.75) is 38.5 Å². The van der Waals surface area contributed by atoms with E-state index in [-0.39, 0.29) is 5.91 Å². The number of nitrogens with zero attached hydrogens (tertiary/aromatic N) is 1. The predicted octanol–water partition coefficient (Wildman–Crippen LogP) is 3.95. The van der Waals surface area contributed by atoms with Crippen molar-refractivity contribution in [2.24, 2.45) is 0 Å². The standard InChI is InChI=1S/C19H21NO/c21-19(20-12-3-1-2-4-13-20)17-11-10-15-9-8-14-6-5-7-16(17)18(14)15/h5-7,10-11H,1-4,8-9,12-13H2. The van der Waals surface area contributed by atoms with Crippen LogP contribution in [0.25, 0.3) is 10.8 Å². The molecule has 1 saturated heterocycles. The Balaban J connectivity index is 1.78. The van der Waals surface area contributed by atoms with Crippen molar-refractivity contribution in [3.05, 3.63) is 47.0 Å². The Morgan fingerprint density at radius 2 is 1.57 bits per heavy atom. The average molecular weight is 279 g/mol. The minimum absolute atomic E-state index is 0.229. The molecule has 1 amide bonds. The molecule has 1 aliphatic carbocycles. The summed E-state index contributed by atoms with van der Waals surface area (Å²) >= 11 is 0. The van der Waals surface area contributed by atoms with Gasteiger partial charge in [0, 0.05) is 18.7 Å². The lowest BCUT2D eigenvalue weighted by atomic mass is 9.99. The Labute approximate surface area is 125 Å². The second kappa shape index (κ2) is 5.18. The maximum Gasteiger partial charge on any atom is 0.254 e. The Bertz CT molecular complexity index is 686. The first kappa shape index (κ1) is 12.9. The highest BCUT2D eigenvalue weighted by molar-refractivity contribution is 6.09. The zero-order chi connectivity index (χ0) is 14.2. The van der Waals surface area contributed by atoms with E-state index in [9.17, 15) is 4.79 Å². The molecule has 21 heavy (non-hydrogen) atoms. The van der Waals surface area contributed by atoms with Crippen molar-refractivity contribution in [3.8, 4) is 0 Å². The van der Waals surface area contributed by atoms with Gasteiger partial charge in [-0.1, -0.05) is 37.1 Å². The molecular formula is C19H21NO. The van der Waals surface area contributed by atoms with Gasteiger partial charge in [0.05, 0.1) is 0 Å². The molecule has 4 rings (SSSR count). The van der Waals surface area contributed by atoms with Gasteiger partial charge in [-0.15, -0.1) is 0 Å². The maximum atomic E-state index is 12.9. The second-order valence-electron chi connectivity index (χ2n) is 6.32. The normalized spacial score (nSPS) is 18.0. The number of benzene rings is 2. The fourth-order valence-electron chi connectivity index (χ4n) is 3.88. The zero-order valence-electron chi connectivity index (χ0n) is 12.4. The summed E-state index contributed by atoms with van der Waals surface area (Å²) in [5.74, 6) is 0.229. The molecule has 0 unspecified atom stereocenters. The lowest BCUT2D eigenvalue weighted by Crippen LogP contribution is -2.31. The molecule has 108 valence electrons. The van der Waals surface area contributed by atoms with Crippen LogP contribution in [0.3, 0.4) is 0 Å². The van der Waals surface area contributed by atoms with E-state index in [1.807, 2.05) is 0 Å². The number of aryl methyl sites for hydroxylation is 2. The van der Waals surface area contributed by atoms with Crippen LogP contribution in [0.1, 0.15) is 47.2 Å². The first-order valence-corrected chi connectivity index (χ1v) is 8.17. The van der Waals surface area contributed by atoms with Crippen LogP contribution >= 0.6 is 0 Å². The van der Waals surface area contributed by atoms with Crippen LogP contribution in [0.5, 0.6) is 0 Å². The fraction of sp³-hybridized carbons (Fsp3) is 0.421. The highest BCUT2D eigenvalue weighted by Gasteiger charge is 2.22. The van der Waals surface area contributed by atoms with Gasteiger partial charge in [-0.3, -0.25) is 4.79 Å². The van der Waals surface area contributed by atoms with Crippen LogP contribution in [-0.4, -0.2) is 23.9 Å². The Kier molecular flexibility index (Phi) is 3.17. The van der Waals surface area contributed by atoms with Crippen molar-refractivity contribution < 1.29 is 4.79 Å². The summed E-state index contributed by atoms with van der Waals surface area (Å²) in [5, 5.41) is 2.51. The van der Waals surface area contributed by atoms with E-state index < -0.39 is 0 Å². The van der Waals surface area contributed by atoms with E-state index in [1.54, 1.807) is 0 Å². The van der Waals surface area contributed by atoms with Gasteiger partial charge in [-0.05, 0) is 53.6 Å². The molecule has 2 nitrogen and oxygen atoms in total. The van der Waals surface area contributed by atoms with E-state index in [0.29, 0.717) is 0 Å². The van der Waals surface area contributed by atoms with Crippen molar-refractivity contribution in [1.29, 1.82) is 0 Å².